The molecule has 2 aromatic heterocycles. The van der Waals surface area contributed by atoms with Gasteiger partial charge in [0.25, 0.3) is 5.91 Å². The maximum absolute atomic E-state index is 15.2. The Hall–Kier alpha value is -6.41. The van der Waals surface area contributed by atoms with Gasteiger partial charge in [-0.25, -0.2) is 14.6 Å². The average Bonchev–Trinajstić information content (AvgIpc) is 4.16. The number of carbonyl (C=O) groups excluding carboxylic acids is 5. The van der Waals surface area contributed by atoms with Crippen molar-refractivity contribution in [2.75, 3.05) is 85.1 Å². The molecule has 5 aliphatic rings. The molecule has 0 unspecified atom stereocenters. The number of rotatable bonds is 11. The second-order valence-corrected chi connectivity index (χ2v) is 23.9. The molecule has 4 saturated heterocycles. The highest BCUT2D eigenvalue weighted by Crippen LogP contribution is 2.44. The first-order chi connectivity index (χ1) is 38.2. The van der Waals surface area contributed by atoms with Crippen molar-refractivity contribution in [3.63, 3.8) is 0 Å². The van der Waals surface area contributed by atoms with Gasteiger partial charge in [0.1, 0.15) is 31.0 Å². The van der Waals surface area contributed by atoms with Gasteiger partial charge >= 0.3 is 12.0 Å². The highest BCUT2D eigenvalue weighted by Gasteiger charge is 2.48. The quantitative estimate of drug-likeness (QED) is 0.114. The maximum Gasteiger partial charge on any atom is 0.324 e. The highest BCUT2D eigenvalue weighted by atomic mass is 19.1. The number of aryl methyl sites for hydroxylation is 1. The first-order valence-corrected chi connectivity index (χ1v) is 28.7. The van der Waals surface area contributed by atoms with E-state index in [1.807, 2.05) is 46.0 Å². The molecular weight excluding hydrogens is 1020 g/mol. The summed E-state index contributed by atoms with van der Waals surface area (Å²) in [6.07, 6.45) is 4.90. The van der Waals surface area contributed by atoms with Crippen LogP contribution in [0.1, 0.15) is 103 Å². The maximum atomic E-state index is 15.2. The SMILES string of the molecule is C=CC(=O)N1CC2(CCN(C(=O)N(C)[C@H](C(=O)N[C@H]3Cc4cc(CF)cc(c4)-c4ccc5c(c4)c(c(-c4cc(N6CCN(C)CC6)cnc4[C@H](C)OC)n5CC)CC(C)(C)COC(=O)[C@@H]4CCCN(N4)C3=O)C(C)C)CC2)O[C@@H]1C. The summed E-state index contributed by atoms with van der Waals surface area (Å²) in [5.74, 6) is -2.09. The van der Waals surface area contributed by atoms with Crippen LogP contribution in [0.25, 0.3) is 33.3 Å². The van der Waals surface area contributed by atoms with Crippen molar-refractivity contribution < 1.29 is 42.6 Å². The molecule has 9 rings (SSSR count). The summed E-state index contributed by atoms with van der Waals surface area (Å²) >= 11 is 0. The number of halogens is 1. The van der Waals surface area contributed by atoms with E-state index in [4.69, 9.17) is 19.2 Å². The number of nitrogens with one attached hydrogen (secondary N) is 2. The third-order valence-electron chi connectivity index (χ3n) is 17.2. The van der Waals surface area contributed by atoms with Gasteiger partial charge in [0, 0.05) is 94.8 Å². The number of ether oxygens (including phenoxy) is 3. The summed E-state index contributed by atoms with van der Waals surface area (Å²) in [4.78, 5) is 85.7. The van der Waals surface area contributed by atoms with Crippen molar-refractivity contribution in [1.82, 2.24) is 44.9 Å². The van der Waals surface area contributed by atoms with Crippen molar-refractivity contribution in [3.05, 3.63) is 83.7 Å². The number of carbonyl (C=O) groups is 5. The number of benzene rings is 2. The number of likely N-dealkylation sites (tertiary alicyclic amines) is 1. The lowest BCUT2D eigenvalue weighted by atomic mass is 9.84. The van der Waals surface area contributed by atoms with Crippen molar-refractivity contribution in [2.45, 2.75) is 136 Å². The van der Waals surface area contributed by atoms with Crippen LogP contribution in [0.3, 0.4) is 0 Å². The Balaban J connectivity index is 1.08. The predicted molar refractivity (Wildman–Crippen MR) is 306 cm³/mol. The van der Waals surface area contributed by atoms with Crippen LogP contribution in [0, 0.1) is 11.3 Å². The van der Waals surface area contributed by atoms with Gasteiger partial charge in [-0.3, -0.25) is 29.2 Å². The lowest BCUT2D eigenvalue weighted by Crippen LogP contribution is -2.62. The van der Waals surface area contributed by atoms with Gasteiger partial charge in [-0.2, -0.15) is 0 Å². The van der Waals surface area contributed by atoms with Gasteiger partial charge in [0.05, 0.1) is 48.1 Å². The van der Waals surface area contributed by atoms with Crippen molar-refractivity contribution in [3.8, 4) is 22.4 Å². The van der Waals surface area contributed by atoms with Crippen molar-refractivity contribution in [2.24, 2.45) is 11.3 Å². The summed E-state index contributed by atoms with van der Waals surface area (Å²) in [6, 6.07) is 10.7. The third kappa shape index (κ3) is 12.0. The fourth-order valence-electron chi connectivity index (χ4n) is 12.7. The normalized spacial score (nSPS) is 22.5. The van der Waals surface area contributed by atoms with Gasteiger partial charge in [-0.05, 0) is 124 Å². The van der Waals surface area contributed by atoms with E-state index in [2.05, 4.69) is 83.8 Å². The second-order valence-electron chi connectivity index (χ2n) is 23.9. The van der Waals surface area contributed by atoms with E-state index >= 15 is 9.18 Å². The number of cyclic esters (lactones) is 1. The zero-order valence-electron chi connectivity index (χ0n) is 48.6. The van der Waals surface area contributed by atoms with Gasteiger partial charge in [-0.15, -0.1) is 0 Å². The summed E-state index contributed by atoms with van der Waals surface area (Å²) in [5.41, 5.74) is 10.5. The molecule has 0 saturated carbocycles. The molecule has 19 heteroatoms. The van der Waals surface area contributed by atoms with Gasteiger partial charge in [0.2, 0.25) is 11.8 Å². The number of urea groups is 1. The smallest absolute Gasteiger partial charge is 0.324 e. The topological polar surface area (TPSA) is 174 Å². The number of esters is 1. The molecule has 18 nitrogen and oxygen atoms in total. The number of pyridine rings is 1. The minimum Gasteiger partial charge on any atom is -0.464 e. The number of fused-ring (bicyclic) bond motifs is 6. The Morgan fingerprint density at radius 3 is 2.42 bits per heavy atom. The van der Waals surface area contributed by atoms with E-state index in [0.29, 0.717) is 69.4 Å². The van der Waals surface area contributed by atoms with Gasteiger partial charge < -0.3 is 48.6 Å². The monoisotopic (exact) mass is 1100 g/mol. The summed E-state index contributed by atoms with van der Waals surface area (Å²) < 4.78 is 36.1. The number of piperazine rings is 1. The molecule has 6 bridgehead atoms. The standard InChI is InChI=1S/C61H83FN10O8/c1-12-52(73)71-36-61(80-40(71)6)18-21-69(22-19-61)59(77)67(10)54(38(3)4)56(74)64-50-30-41-27-42(34-62)29-44(28-41)43-16-17-51-46(31-43)48(33-60(7,8)37-79-58(76)49-15-14-20-72(65-49)57(50)75)55(70(51)13-2)47-32-45(35-63-53(47)39(5)78-11)68-25-23-66(9)24-26-68/h12,16-17,27-29,31-32,35,38-40,49-50,54,65H,1,13-15,18-26,30,33-34,36-37H2,2-11H3,(H,64,74)/t39-,40+,49-,50-,54-/m0/s1. The number of nitrogens with zero attached hydrogens (tertiary/aromatic N) is 8. The molecule has 4 fully saturated rings. The molecule has 0 aliphatic carbocycles. The van der Waals surface area contributed by atoms with Crippen LogP contribution in [0.5, 0.6) is 0 Å². The van der Waals surface area contributed by atoms with E-state index in [9.17, 15) is 19.2 Å². The minimum absolute atomic E-state index is 0.0195. The number of hydrogen-bond donors (Lipinski definition) is 2. The van der Waals surface area contributed by atoms with E-state index in [1.165, 1.54) is 16.0 Å². The number of piperidine rings is 1. The van der Waals surface area contributed by atoms with Crippen LogP contribution in [0.15, 0.2) is 61.3 Å². The molecule has 5 amide bonds. The van der Waals surface area contributed by atoms with Crippen LogP contribution in [-0.4, -0.2) is 174 Å². The van der Waals surface area contributed by atoms with Gasteiger partial charge in [-0.1, -0.05) is 52.5 Å². The molecule has 2 N–H and O–H groups in total. The molecular formula is C61H83FN10O8. The van der Waals surface area contributed by atoms with E-state index in [1.54, 1.807) is 30.0 Å². The average molecular weight is 1100 g/mol. The van der Waals surface area contributed by atoms with Crippen LogP contribution >= 0.6 is 0 Å². The Morgan fingerprint density at radius 1 is 1.01 bits per heavy atom. The fraction of sp³-hybridized carbons (Fsp3) is 0.574. The lowest BCUT2D eigenvalue weighted by molar-refractivity contribution is -0.155. The summed E-state index contributed by atoms with van der Waals surface area (Å²) in [5, 5.41) is 5.45. The molecule has 432 valence electrons. The van der Waals surface area contributed by atoms with Crippen LogP contribution in [0.4, 0.5) is 14.9 Å². The zero-order chi connectivity index (χ0) is 57.4. The highest BCUT2D eigenvalue weighted by molar-refractivity contribution is 5.96. The number of hydrazine groups is 1. The molecule has 0 radical (unpaired) electrons. The lowest BCUT2D eigenvalue weighted by Gasteiger charge is -2.41. The summed E-state index contributed by atoms with van der Waals surface area (Å²) in [7, 11) is 5.44. The van der Waals surface area contributed by atoms with Gasteiger partial charge in [0.15, 0.2) is 0 Å². The number of amides is 5. The second kappa shape index (κ2) is 24.0. The Labute approximate surface area is 470 Å². The molecule has 4 aromatic rings. The molecule has 2 aromatic carbocycles. The minimum atomic E-state index is -1.19. The van der Waals surface area contributed by atoms with E-state index < -0.39 is 59.8 Å². The fourth-order valence-corrected chi connectivity index (χ4v) is 12.7. The van der Waals surface area contributed by atoms with E-state index in [-0.39, 0.29) is 43.5 Å². The first-order valence-electron chi connectivity index (χ1n) is 28.7. The number of hydrogen-bond acceptors (Lipinski definition) is 12. The van der Waals surface area contributed by atoms with E-state index in [0.717, 1.165) is 76.4 Å². The van der Waals surface area contributed by atoms with Crippen molar-refractivity contribution in [1.29, 1.82) is 0 Å². The van der Waals surface area contributed by atoms with Crippen LogP contribution in [-0.2, 0) is 59.4 Å². The van der Waals surface area contributed by atoms with Crippen LogP contribution in [0.2, 0.25) is 0 Å². The zero-order valence-corrected chi connectivity index (χ0v) is 48.6. The molecule has 5 atom stereocenters. The molecule has 7 heterocycles. The Kier molecular flexibility index (Phi) is 17.5. The van der Waals surface area contributed by atoms with Crippen LogP contribution < -0.4 is 15.6 Å². The largest absolute Gasteiger partial charge is 0.464 e. The number of aromatic nitrogens is 2. The molecule has 1 spiro atoms. The number of methoxy groups -OCH3 is 1. The molecule has 5 aliphatic heterocycles. The number of anilines is 1. The number of alkyl halides is 1. The first kappa shape index (κ1) is 58.3. The third-order valence-corrected chi connectivity index (χ3v) is 17.2. The summed E-state index contributed by atoms with van der Waals surface area (Å²) in [6.45, 7) is 22.4. The Morgan fingerprint density at radius 2 is 1.75 bits per heavy atom. The predicted octanol–water partition coefficient (Wildman–Crippen LogP) is 7.27. The Bertz CT molecular complexity index is 2980. The van der Waals surface area contributed by atoms with Crippen molar-refractivity contribution >= 4 is 46.3 Å². The molecule has 80 heavy (non-hydrogen) atoms. The number of likely N-dealkylation sites (N-methyl/N-ethyl adjacent to an activating group) is 2.